The number of hydrogen-bond acceptors (Lipinski definition) is 8. The van der Waals surface area contributed by atoms with Gasteiger partial charge < -0.3 is 14.8 Å². The van der Waals surface area contributed by atoms with E-state index in [4.69, 9.17) is 4.74 Å². The van der Waals surface area contributed by atoms with Crippen molar-refractivity contribution in [1.82, 2.24) is 10.0 Å². The van der Waals surface area contributed by atoms with Gasteiger partial charge in [-0.05, 0) is 37.0 Å². The van der Waals surface area contributed by atoms with Gasteiger partial charge in [0.15, 0.2) is 0 Å². The number of sulfonamides is 1. The van der Waals surface area contributed by atoms with E-state index < -0.39 is 33.1 Å². The Morgan fingerprint density at radius 3 is 2.33 bits per heavy atom. The van der Waals surface area contributed by atoms with Crippen molar-refractivity contribution in [2.45, 2.75) is 36.8 Å². The van der Waals surface area contributed by atoms with Gasteiger partial charge in [0.05, 0.1) is 16.9 Å². The smallest absolute Gasteiger partial charge is 0.407 e. The molecular formula is C21H25N3O8S. The molecule has 2 aromatic rings. The van der Waals surface area contributed by atoms with Crippen molar-refractivity contribution in [3.63, 3.8) is 0 Å². The second-order valence-corrected chi connectivity index (χ2v) is 8.65. The van der Waals surface area contributed by atoms with Crippen molar-refractivity contribution < 1.29 is 32.4 Å². The molecule has 0 aliphatic rings. The summed E-state index contributed by atoms with van der Waals surface area (Å²) < 4.78 is 37.1. The summed E-state index contributed by atoms with van der Waals surface area (Å²) in [5.74, 6) is -0.768. The summed E-state index contributed by atoms with van der Waals surface area (Å²) in [6, 6.07) is 12.3. The highest BCUT2D eigenvalue weighted by Crippen LogP contribution is 2.17. The fourth-order valence-electron chi connectivity index (χ4n) is 2.81. The molecule has 0 heterocycles. The molecule has 12 heteroatoms. The minimum absolute atomic E-state index is 0.125. The molecule has 2 rings (SSSR count). The van der Waals surface area contributed by atoms with E-state index >= 15 is 0 Å². The van der Waals surface area contributed by atoms with Crippen LogP contribution in [0.1, 0.15) is 24.8 Å². The minimum atomic E-state index is -4.11. The minimum Gasteiger partial charge on any atom is -0.468 e. The van der Waals surface area contributed by atoms with E-state index in [1.165, 1.54) is 0 Å². The number of amides is 1. The van der Waals surface area contributed by atoms with Gasteiger partial charge in [0.2, 0.25) is 10.0 Å². The zero-order chi connectivity index (χ0) is 24.3. The van der Waals surface area contributed by atoms with Crippen LogP contribution in [0.3, 0.4) is 0 Å². The Morgan fingerprint density at radius 2 is 1.73 bits per heavy atom. The van der Waals surface area contributed by atoms with E-state index in [1.807, 2.05) is 30.3 Å². The molecule has 0 radical (unpaired) electrons. The molecule has 1 amide bonds. The van der Waals surface area contributed by atoms with Crippen LogP contribution in [0.25, 0.3) is 0 Å². The summed E-state index contributed by atoms with van der Waals surface area (Å²) in [7, 11) is -2.97. The number of nitro groups is 1. The molecule has 11 nitrogen and oxygen atoms in total. The lowest BCUT2D eigenvalue weighted by Crippen LogP contribution is -2.41. The molecule has 0 aliphatic heterocycles. The van der Waals surface area contributed by atoms with Crippen LogP contribution in [0.5, 0.6) is 0 Å². The number of nitrogens with zero attached hydrogens (tertiary/aromatic N) is 1. The van der Waals surface area contributed by atoms with Crippen LogP contribution < -0.4 is 10.0 Å². The van der Waals surface area contributed by atoms with E-state index in [1.54, 1.807) is 0 Å². The largest absolute Gasteiger partial charge is 0.468 e. The number of hydrogen-bond donors (Lipinski definition) is 2. The third kappa shape index (κ3) is 8.50. The first-order valence-electron chi connectivity index (χ1n) is 10.0. The fourth-order valence-corrected chi connectivity index (χ4v) is 4.03. The summed E-state index contributed by atoms with van der Waals surface area (Å²) in [4.78, 5) is 33.6. The maximum absolute atomic E-state index is 12.5. The lowest BCUT2D eigenvalue weighted by Gasteiger charge is -2.16. The van der Waals surface area contributed by atoms with Crippen molar-refractivity contribution in [3.8, 4) is 0 Å². The maximum Gasteiger partial charge on any atom is 0.407 e. The molecule has 1 atom stereocenters. The highest BCUT2D eigenvalue weighted by molar-refractivity contribution is 7.89. The molecule has 0 bridgehead atoms. The summed E-state index contributed by atoms with van der Waals surface area (Å²) in [6.07, 6.45) is 0.413. The third-order valence-corrected chi connectivity index (χ3v) is 6.03. The molecule has 0 saturated heterocycles. The van der Waals surface area contributed by atoms with Crippen molar-refractivity contribution >= 4 is 27.8 Å². The topological polar surface area (TPSA) is 154 Å². The van der Waals surface area contributed by atoms with Crippen molar-refractivity contribution in [3.05, 3.63) is 70.3 Å². The number of esters is 1. The number of non-ortho nitro benzene ring substituents is 1. The number of nitro benzene ring substituents is 1. The lowest BCUT2D eigenvalue weighted by atomic mass is 10.1. The molecule has 0 aliphatic carbocycles. The maximum atomic E-state index is 12.5. The second kappa shape index (κ2) is 12.5. The molecule has 0 spiro atoms. The fraction of sp³-hybridized carbons (Fsp3) is 0.333. The van der Waals surface area contributed by atoms with Crippen LogP contribution in [0.2, 0.25) is 0 Å². The molecule has 0 saturated carbocycles. The van der Waals surface area contributed by atoms with Gasteiger partial charge in [-0.3, -0.25) is 14.9 Å². The molecule has 2 N–H and O–H groups in total. The number of carbonyl (C=O) groups is 2. The zero-order valence-corrected chi connectivity index (χ0v) is 18.7. The normalized spacial score (nSPS) is 11.9. The van der Waals surface area contributed by atoms with E-state index in [0.717, 1.165) is 36.9 Å². The predicted octanol–water partition coefficient (Wildman–Crippen LogP) is 2.51. The van der Waals surface area contributed by atoms with Gasteiger partial charge in [0.1, 0.15) is 12.6 Å². The van der Waals surface area contributed by atoms with E-state index in [0.29, 0.717) is 12.8 Å². The Bertz CT molecular complexity index is 1040. The van der Waals surface area contributed by atoms with E-state index in [-0.39, 0.29) is 30.2 Å². The van der Waals surface area contributed by atoms with Crippen LogP contribution in [-0.4, -0.2) is 45.1 Å². The molecule has 33 heavy (non-hydrogen) atoms. The average molecular weight is 480 g/mol. The highest BCUT2D eigenvalue weighted by Gasteiger charge is 2.26. The van der Waals surface area contributed by atoms with Gasteiger partial charge in [-0.15, -0.1) is 0 Å². The monoisotopic (exact) mass is 479 g/mol. The van der Waals surface area contributed by atoms with Gasteiger partial charge in [-0.2, -0.15) is 4.72 Å². The number of rotatable bonds is 12. The lowest BCUT2D eigenvalue weighted by molar-refractivity contribution is -0.384. The number of methoxy groups -OCH3 is 1. The molecule has 0 fully saturated rings. The molecule has 1 unspecified atom stereocenters. The average Bonchev–Trinajstić information content (AvgIpc) is 2.81. The molecule has 0 aromatic heterocycles. The van der Waals surface area contributed by atoms with Crippen molar-refractivity contribution in [2.75, 3.05) is 13.7 Å². The van der Waals surface area contributed by atoms with Crippen LogP contribution in [0, 0.1) is 10.1 Å². The number of ether oxygens (including phenoxy) is 2. The van der Waals surface area contributed by atoms with Gasteiger partial charge in [-0.25, -0.2) is 13.2 Å². The van der Waals surface area contributed by atoms with Crippen LogP contribution in [0.15, 0.2) is 59.5 Å². The number of unbranched alkanes of at least 4 members (excludes halogenated alkanes) is 1. The van der Waals surface area contributed by atoms with Crippen LogP contribution in [-0.2, 0) is 30.9 Å². The first-order chi connectivity index (χ1) is 15.7. The molecule has 178 valence electrons. The molecular weight excluding hydrogens is 454 g/mol. The Hall–Kier alpha value is -3.51. The van der Waals surface area contributed by atoms with Crippen molar-refractivity contribution in [2.24, 2.45) is 0 Å². The highest BCUT2D eigenvalue weighted by atomic mass is 32.2. The van der Waals surface area contributed by atoms with Crippen LogP contribution in [0.4, 0.5) is 10.5 Å². The zero-order valence-electron chi connectivity index (χ0n) is 17.9. The summed E-state index contributed by atoms with van der Waals surface area (Å²) in [5.41, 5.74) is 0.599. The third-order valence-electron chi connectivity index (χ3n) is 4.54. The van der Waals surface area contributed by atoms with Gasteiger partial charge in [0.25, 0.3) is 5.69 Å². The Labute approximate surface area is 191 Å². The predicted molar refractivity (Wildman–Crippen MR) is 118 cm³/mol. The second-order valence-electron chi connectivity index (χ2n) is 6.93. The standard InChI is InChI=1S/C21H25N3O8S/c1-31-20(25)19(23-33(29,30)18-12-10-17(11-13-18)24(27)28)9-5-6-14-22-21(26)32-15-16-7-3-2-4-8-16/h2-4,7-8,10-13,19,23H,5-6,9,14-15H2,1H3,(H,22,26). The SMILES string of the molecule is COC(=O)C(CCCCNC(=O)OCc1ccccc1)NS(=O)(=O)c1ccc([N+](=O)[O-])cc1. The van der Waals surface area contributed by atoms with Crippen molar-refractivity contribution in [1.29, 1.82) is 0 Å². The number of benzene rings is 2. The Morgan fingerprint density at radius 1 is 1.06 bits per heavy atom. The summed E-state index contributed by atoms with van der Waals surface area (Å²) >= 11 is 0. The Balaban J connectivity index is 1.81. The number of nitrogens with one attached hydrogen (secondary N) is 2. The first kappa shape index (κ1) is 25.7. The van der Waals surface area contributed by atoms with E-state index in [9.17, 15) is 28.1 Å². The van der Waals surface area contributed by atoms with Gasteiger partial charge in [0, 0.05) is 18.7 Å². The van der Waals surface area contributed by atoms with Gasteiger partial charge in [-0.1, -0.05) is 30.3 Å². The van der Waals surface area contributed by atoms with E-state index in [2.05, 4.69) is 14.8 Å². The number of alkyl carbamates (subject to hydrolysis) is 1. The quantitative estimate of drug-likeness (QED) is 0.204. The van der Waals surface area contributed by atoms with Crippen LogP contribution >= 0.6 is 0 Å². The molecule has 2 aromatic carbocycles. The van der Waals surface area contributed by atoms with Gasteiger partial charge >= 0.3 is 12.1 Å². The Kier molecular flexibility index (Phi) is 9.76. The summed E-state index contributed by atoms with van der Waals surface area (Å²) in [6.45, 7) is 0.415. The number of carbonyl (C=O) groups excluding carboxylic acids is 2. The first-order valence-corrected chi connectivity index (χ1v) is 11.5. The summed E-state index contributed by atoms with van der Waals surface area (Å²) in [5, 5.41) is 13.3.